The number of hydrogen-bond donors (Lipinski definition) is 0. The molecule has 0 aromatic rings. The van der Waals surface area contributed by atoms with Crippen LogP contribution >= 0.6 is 0 Å². The normalized spacial score (nSPS) is 50.9. The van der Waals surface area contributed by atoms with Gasteiger partial charge in [0.2, 0.25) is 0 Å². The number of allylic oxidation sites excluding steroid dienone is 2. The maximum absolute atomic E-state index is 12.1. The van der Waals surface area contributed by atoms with Gasteiger partial charge in [-0.05, 0) is 60.2 Å². The summed E-state index contributed by atoms with van der Waals surface area (Å²) in [6.45, 7) is 10.1. The lowest BCUT2D eigenvalue weighted by Crippen LogP contribution is -2.63. The molecule has 1 heterocycles. The van der Waals surface area contributed by atoms with Gasteiger partial charge >= 0.3 is 5.97 Å². The number of carbonyl (C=O) groups is 2. The van der Waals surface area contributed by atoms with Gasteiger partial charge in [0.05, 0.1) is 13.0 Å². The summed E-state index contributed by atoms with van der Waals surface area (Å²) >= 11 is 0. The molecule has 1 saturated heterocycles. The molecule has 25 heavy (non-hydrogen) atoms. The smallest absolute Gasteiger partial charge is 0.306 e. The fraction of sp³-hybridized carbons (Fsp3) is 0.818. The van der Waals surface area contributed by atoms with E-state index >= 15 is 0 Å². The van der Waals surface area contributed by atoms with Crippen molar-refractivity contribution in [3.05, 3.63) is 12.2 Å². The van der Waals surface area contributed by atoms with Crippen LogP contribution in [0.25, 0.3) is 0 Å². The van der Waals surface area contributed by atoms with E-state index in [2.05, 4.69) is 39.8 Å². The number of hydrogen-bond acceptors (Lipinski definition) is 3. The first-order chi connectivity index (χ1) is 11.7. The van der Waals surface area contributed by atoms with Crippen molar-refractivity contribution >= 4 is 12.3 Å². The molecule has 3 heteroatoms. The Balaban J connectivity index is 1.81. The molecule has 4 rings (SSSR count). The number of esters is 1. The zero-order chi connectivity index (χ0) is 18.1. The number of ether oxygens (including phenoxy) is 1. The Hall–Kier alpha value is -1.12. The Morgan fingerprint density at radius 1 is 1.12 bits per heavy atom. The standard InChI is InChI=1S/C22H32O3/c1-19(2)9-5-10-20(3)16(19)8-11-21(4)17(20)7-6-15(13-23)22(21)12-18(24)25-14-22/h5,9,13,15-17H,6-8,10-12,14H2,1-4H3/t15-,16+,17-,20+,21-,22+/m1/s1. The van der Waals surface area contributed by atoms with Gasteiger partial charge in [0.25, 0.3) is 0 Å². The molecule has 1 aliphatic heterocycles. The van der Waals surface area contributed by atoms with Crippen LogP contribution in [0, 0.1) is 39.4 Å². The third kappa shape index (κ3) is 2.04. The van der Waals surface area contributed by atoms with Crippen LogP contribution in [0.1, 0.15) is 66.2 Å². The maximum atomic E-state index is 12.1. The fourth-order valence-electron chi connectivity index (χ4n) is 7.82. The van der Waals surface area contributed by atoms with Crippen LogP contribution in [0.15, 0.2) is 12.2 Å². The molecular weight excluding hydrogens is 312 g/mol. The number of rotatable bonds is 1. The minimum Gasteiger partial charge on any atom is -0.465 e. The van der Waals surface area contributed by atoms with E-state index in [0.717, 1.165) is 32.0 Å². The minimum absolute atomic E-state index is 0.00942. The van der Waals surface area contributed by atoms with Crippen molar-refractivity contribution in [2.45, 2.75) is 66.2 Å². The highest BCUT2D eigenvalue weighted by atomic mass is 16.5. The fourth-order valence-corrected chi connectivity index (χ4v) is 7.82. The van der Waals surface area contributed by atoms with Gasteiger partial charge in [0.1, 0.15) is 6.29 Å². The number of aldehydes is 1. The van der Waals surface area contributed by atoms with Crippen LogP contribution < -0.4 is 0 Å². The summed E-state index contributed by atoms with van der Waals surface area (Å²) in [4.78, 5) is 24.0. The summed E-state index contributed by atoms with van der Waals surface area (Å²) in [5.41, 5.74) is 0.201. The third-order valence-electron chi connectivity index (χ3n) is 9.05. The SMILES string of the molecule is CC1(C)C=CC[C@]2(C)[C@H]3CC[C@H](C=O)[C@]4(COC(=O)C4)[C@]3(C)CC[C@@H]12. The average Bonchev–Trinajstić information content (AvgIpc) is 2.92. The summed E-state index contributed by atoms with van der Waals surface area (Å²) in [5.74, 6) is 1.08. The topological polar surface area (TPSA) is 43.4 Å². The van der Waals surface area contributed by atoms with Crippen molar-refractivity contribution in [3.63, 3.8) is 0 Å². The molecule has 1 spiro atoms. The van der Waals surface area contributed by atoms with Crippen LogP contribution in [-0.4, -0.2) is 18.9 Å². The predicted octanol–water partition coefficient (Wildman–Crippen LogP) is 4.55. The zero-order valence-electron chi connectivity index (χ0n) is 16.1. The van der Waals surface area contributed by atoms with Crippen LogP contribution in [0.3, 0.4) is 0 Å². The first-order valence-electron chi connectivity index (χ1n) is 9.98. The highest BCUT2D eigenvalue weighted by molar-refractivity contribution is 5.74. The number of carbonyl (C=O) groups excluding carboxylic acids is 2. The molecule has 3 fully saturated rings. The summed E-state index contributed by atoms with van der Waals surface area (Å²) < 4.78 is 5.49. The van der Waals surface area contributed by atoms with E-state index in [1.807, 2.05) is 0 Å². The van der Waals surface area contributed by atoms with Gasteiger partial charge in [-0.25, -0.2) is 0 Å². The lowest BCUT2D eigenvalue weighted by molar-refractivity contribution is -0.193. The van der Waals surface area contributed by atoms with Crippen molar-refractivity contribution in [1.29, 1.82) is 0 Å². The molecule has 2 saturated carbocycles. The minimum atomic E-state index is -0.284. The lowest BCUT2D eigenvalue weighted by Gasteiger charge is -2.67. The monoisotopic (exact) mass is 344 g/mol. The number of fused-ring (bicyclic) bond motifs is 4. The maximum Gasteiger partial charge on any atom is 0.306 e. The molecule has 138 valence electrons. The molecular formula is C22H32O3. The van der Waals surface area contributed by atoms with Gasteiger partial charge < -0.3 is 9.53 Å². The predicted molar refractivity (Wildman–Crippen MR) is 96.8 cm³/mol. The van der Waals surface area contributed by atoms with Gasteiger partial charge in [-0.3, -0.25) is 4.79 Å². The molecule has 4 aliphatic rings. The Morgan fingerprint density at radius 3 is 2.52 bits per heavy atom. The lowest BCUT2D eigenvalue weighted by atomic mass is 9.36. The molecule has 0 aromatic heterocycles. The summed E-state index contributed by atoms with van der Waals surface area (Å²) in [6.07, 6.45) is 11.8. The molecule has 0 radical (unpaired) electrons. The second-order valence-corrected chi connectivity index (χ2v) is 10.3. The van der Waals surface area contributed by atoms with Gasteiger partial charge in [0, 0.05) is 11.3 Å². The Labute approximate surface area is 151 Å². The van der Waals surface area contributed by atoms with Crippen LogP contribution in [-0.2, 0) is 14.3 Å². The molecule has 3 nitrogen and oxygen atoms in total. The highest BCUT2D eigenvalue weighted by Gasteiger charge is 2.68. The Morgan fingerprint density at radius 2 is 1.88 bits per heavy atom. The zero-order valence-corrected chi connectivity index (χ0v) is 16.1. The molecule has 0 aromatic carbocycles. The van der Waals surface area contributed by atoms with Gasteiger partial charge in [-0.2, -0.15) is 0 Å². The molecule has 3 aliphatic carbocycles. The second-order valence-electron chi connectivity index (χ2n) is 10.3. The van der Waals surface area contributed by atoms with E-state index in [1.54, 1.807) is 0 Å². The van der Waals surface area contributed by atoms with Gasteiger partial charge in [0.15, 0.2) is 0 Å². The summed E-state index contributed by atoms with van der Waals surface area (Å²) in [7, 11) is 0. The van der Waals surface area contributed by atoms with Crippen molar-refractivity contribution in [1.82, 2.24) is 0 Å². The average molecular weight is 344 g/mol. The summed E-state index contributed by atoms with van der Waals surface area (Å²) in [6, 6.07) is 0. The van der Waals surface area contributed by atoms with E-state index in [1.165, 1.54) is 6.42 Å². The summed E-state index contributed by atoms with van der Waals surface area (Å²) in [5, 5.41) is 0. The molecule has 0 bridgehead atoms. The largest absolute Gasteiger partial charge is 0.465 e. The Bertz CT molecular complexity index is 635. The van der Waals surface area contributed by atoms with E-state index in [9.17, 15) is 9.59 Å². The third-order valence-corrected chi connectivity index (χ3v) is 9.05. The van der Waals surface area contributed by atoms with Crippen molar-refractivity contribution < 1.29 is 14.3 Å². The van der Waals surface area contributed by atoms with Crippen molar-refractivity contribution in [2.75, 3.05) is 6.61 Å². The quantitative estimate of drug-likeness (QED) is 0.398. The van der Waals surface area contributed by atoms with Crippen LogP contribution in [0.4, 0.5) is 0 Å². The Kier molecular flexibility index (Phi) is 3.60. The van der Waals surface area contributed by atoms with Crippen LogP contribution in [0.5, 0.6) is 0 Å². The van der Waals surface area contributed by atoms with Crippen molar-refractivity contribution in [3.8, 4) is 0 Å². The van der Waals surface area contributed by atoms with E-state index in [4.69, 9.17) is 4.74 Å². The molecule has 0 unspecified atom stereocenters. The molecule has 0 N–H and O–H groups in total. The van der Waals surface area contributed by atoms with Crippen LogP contribution in [0.2, 0.25) is 0 Å². The first kappa shape index (κ1) is 17.3. The second kappa shape index (κ2) is 5.20. The van der Waals surface area contributed by atoms with Gasteiger partial charge in [-0.1, -0.05) is 39.8 Å². The van der Waals surface area contributed by atoms with E-state index in [-0.39, 0.29) is 33.5 Å². The number of cyclic esters (lactones) is 1. The van der Waals surface area contributed by atoms with Crippen molar-refractivity contribution in [2.24, 2.45) is 39.4 Å². The van der Waals surface area contributed by atoms with E-state index in [0.29, 0.717) is 24.9 Å². The van der Waals surface area contributed by atoms with E-state index < -0.39 is 0 Å². The first-order valence-corrected chi connectivity index (χ1v) is 9.98. The molecule has 6 atom stereocenters. The van der Waals surface area contributed by atoms with Gasteiger partial charge in [-0.15, -0.1) is 0 Å². The highest BCUT2D eigenvalue weighted by Crippen LogP contribution is 2.72. The molecule has 0 amide bonds.